The summed E-state index contributed by atoms with van der Waals surface area (Å²) in [5.74, 6) is -0.592. The van der Waals surface area contributed by atoms with Gasteiger partial charge >= 0.3 is 5.97 Å². The normalized spacial score (nSPS) is 10.9. The van der Waals surface area contributed by atoms with Gasteiger partial charge in [0.15, 0.2) is 0 Å². The van der Waals surface area contributed by atoms with E-state index in [4.69, 9.17) is 4.74 Å². The van der Waals surface area contributed by atoms with E-state index < -0.39 is 0 Å². The van der Waals surface area contributed by atoms with Crippen molar-refractivity contribution in [1.29, 1.82) is 0 Å². The van der Waals surface area contributed by atoms with Crippen LogP contribution in [-0.4, -0.2) is 29.8 Å². The van der Waals surface area contributed by atoms with E-state index in [2.05, 4.69) is 15.1 Å². The molecular weight excluding hydrogens is 362 g/mol. The number of rotatable bonds is 5. The van der Waals surface area contributed by atoms with Crippen LogP contribution in [0.1, 0.15) is 37.0 Å². The molecule has 0 radical (unpaired) electrons. The number of nitrogens with zero attached hydrogens (tertiary/aromatic N) is 2. The zero-order chi connectivity index (χ0) is 19.4. The minimum atomic E-state index is -0.364. The van der Waals surface area contributed by atoms with Gasteiger partial charge in [0, 0.05) is 22.6 Å². The maximum atomic E-state index is 11.9. The zero-order valence-corrected chi connectivity index (χ0v) is 16.0. The number of ether oxygens (including phenoxy) is 1. The fraction of sp³-hybridized carbons (Fsp3) is 0.150. The first-order chi connectivity index (χ1) is 13.0. The summed E-state index contributed by atoms with van der Waals surface area (Å²) in [5, 5.41) is 5.91. The lowest BCUT2D eigenvalue weighted by Gasteiger charge is -2.10. The van der Waals surface area contributed by atoms with Crippen LogP contribution in [0, 0.1) is 13.8 Å². The van der Waals surface area contributed by atoms with Crippen molar-refractivity contribution >= 4 is 29.4 Å². The number of carbonyl (C=O) groups excluding carboxylic acids is 2. The highest BCUT2D eigenvalue weighted by atomic mass is 32.1. The first kappa shape index (κ1) is 18.6. The Morgan fingerprint density at radius 1 is 1.19 bits per heavy atom. The minimum absolute atomic E-state index is 0.228. The topological polar surface area (TPSA) is 72.7 Å². The third-order valence-electron chi connectivity index (χ3n) is 4.13. The molecule has 3 rings (SSSR count). The van der Waals surface area contributed by atoms with E-state index >= 15 is 0 Å². The van der Waals surface area contributed by atoms with Crippen molar-refractivity contribution in [1.82, 2.24) is 9.99 Å². The van der Waals surface area contributed by atoms with Crippen LogP contribution in [0.25, 0.3) is 5.69 Å². The number of amides is 1. The van der Waals surface area contributed by atoms with Crippen molar-refractivity contribution in [3.8, 4) is 5.69 Å². The third kappa shape index (κ3) is 3.98. The summed E-state index contributed by atoms with van der Waals surface area (Å²) in [5.41, 5.74) is 6.86. The first-order valence-electron chi connectivity index (χ1n) is 8.26. The van der Waals surface area contributed by atoms with Crippen molar-refractivity contribution in [2.45, 2.75) is 13.8 Å². The van der Waals surface area contributed by atoms with Crippen LogP contribution in [-0.2, 0) is 4.74 Å². The summed E-state index contributed by atoms with van der Waals surface area (Å²) in [6, 6.07) is 12.8. The van der Waals surface area contributed by atoms with Gasteiger partial charge < -0.3 is 9.30 Å². The molecule has 0 saturated heterocycles. The van der Waals surface area contributed by atoms with E-state index in [1.54, 1.807) is 24.4 Å². The summed E-state index contributed by atoms with van der Waals surface area (Å²) in [6.45, 7) is 3.96. The molecule has 2 heterocycles. The monoisotopic (exact) mass is 381 g/mol. The number of nitrogens with one attached hydrogen (secondary N) is 1. The average molecular weight is 381 g/mol. The van der Waals surface area contributed by atoms with Crippen molar-refractivity contribution in [3.05, 3.63) is 75.2 Å². The second kappa shape index (κ2) is 8.01. The summed E-state index contributed by atoms with van der Waals surface area (Å²) < 4.78 is 6.79. The number of methoxy groups -OCH3 is 1. The molecule has 0 unspecified atom stereocenters. The van der Waals surface area contributed by atoms with Gasteiger partial charge in [0.2, 0.25) is 0 Å². The molecule has 0 spiro atoms. The number of benzene rings is 1. The predicted octanol–water partition coefficient (Wildman–Crippen LogP) is 3.71. The molecule has 27 heavy (non-hydrogen) atoms. The molecule has 0 aliphatic rings. The fourth-order valence-corrected chi connectivity index (χ4v) is 3.42. The Bertz CT molecular complexity index is 986. The lowest BCUT2D eigenvalue weighted by Crippen LogP contribution is -2.16. The largest absolute Gasteiger partial charge is 0.465 e. The van der Waals surface area contributed by atoms with Crippen LogP contribution in [0.3, 0.4) is 0 Å². The van der Waals surface area contributed by atoms with Gasteiger partial charge in [-0.15, -0.1) is 11.3 Å². The summed E-state index contributed by atoms with van der Waals surface area (Å²) in [6.07, 6.45) is 1.63. The lowest BCUT2D eigenvalue weighted by molar-refractivity contribution is 0.0600. The van der Waals surface area contributed by atoms with Crippen LogP contribution in [0.5, 0.6) is 0 Å². The molecule has 1 N–H and O–H groups in total. The van der Waals surface area contributed by atoms with Gasteiger partial charge in [-0.3, -0.25) is 4.79 Å². The standard InChI is InChI=1S/C20H19N3O3S/c1-13-11-16(12-21-22-19(24)18-5-4-10-27-18)14(2)23(13)17-8-6-15(7-9-17)20(25)26-3/h4-12H,1-3H3,(H,22,24)/b21-12-. The Kier molecular flexibility index (Phi) is 5.52. The Morgan fingerprint density at radius 2 is 1.93 bits per heavy atom. The number of hydrazone groups is 1. The smallest absolute Gasteiger partial charge is 0.337 e. The molecule has 3 aromatic rings. The highest BCUT2D eigenvalue weighted by molar-refractivity contribution is 7.12. The molecule has 7 heteroatoms. The van der Waals surface area contributed by atoms with Gasteiger partial charge in [0.1, 0.15) is 0 Å². The fourth-order valence-electron chi connectivity index (χ4n) is 2.80. The maximum Gasteiger partial charge on any atom is 0.337 e. The van der Waals surface area contributed by atoms with Crippen LogP contribution in [0.15, 0.2) is 52.9 Å². The van der Waals surface area contributed by atoms with E-state index in [9.17, 15) is 9.59 Å². The number of aromatic nitrogens is 1. The number of esters is 1. The van der Waals surface area contributed by atoms with Gasteiger partial charge in [0.25, 0.3) is 5.91 Å². The molecule has 2 aromatic heterocycles. The van der Waals surface area contributed by atoms with Crippen molar-refractivity contribution in [2.24, 2.45) is 5.10 Å². The molecular formula is C20H19N3O3S. The summed E-state index contributed by atoms with van der Waals surface area (Å²) in [7, 11) is 1.36. The number of hydrogen-bond acceptors (Lipinski definition) is 5. The summed E-state index contributed by atoms with van der Waals surface area (Å²) in [4.78, 5) is 24.1. The number of thiophene rings is 1. The van der Waals surface area contributed by atoms with Gasteiger partial charge in [-0.1, -0.05) is 6.07 Å². The molecule has 0 aliphatic carbocycles. The molecule has 6 nitrogen and oxygen atoms in total. The van der Waals surface area contributed by atoms with E-state index in [0.717, 1.165) is 22.6 Å². The highest BCUT2D eigenvalue weighted by Crippen LogP contribution is 2.20. The van der Waals surface area contributed by atoms with Gasteiger partial charge in [0.05, 0.1) is 23.8 Å². The van der Waals surface area contributed by atoms with Crippen LogP contribution >= 0.6 is 11.3 Å². The van der Waals surface area contributed by atoms with Crippen LogP contribution in [0.2, 0.25) is 0 Å². The number of carbonyl (C=O) groups is 2. The first-order valence-corrected chi connectivity index (χ1v) is 9.14. The lowest BCUT2D eigenvalue weighted by atomic mass is 10.2. The minimum Gasteiger partial charge on any atom is -0.465 e. The van der Waals surface area contributed by atoms with E-state index in [1.165, 1.54) is 18.4 Å². The van der Waals surface area contributed by atoms with Crippen LogP contribution < -0.4 is 5.43 Å². The third-order valence-corrected chi connectivity index (χ3v) is 5.00. The number of hydrogen-bond donors (Lipinski definition) is 1. The van der Waals surface area contributed by atoms with E-state index in [-0.39, 0.29) is 11.9 Å². The molecule has 0 bridgehead atoms. The highest BCUT2D eigenvalue weighted by Gasteiger charge is 2.11. The van der Waals surface area contributed by atoms with Crippen molar-refractivity contribution < 1.29 is 14.3 Å². The second-order valence-electron chi connectivity index (χ2n) is 5.88. The Labute approximate surface area is 161 Å². The van der Waals surface area contributed by atoms with E-state index in [0.29, 0.717) is 10.4 Å². The summed E-state index contributed by atoms with van der Waals surface area (Å²) >= 11 is 1.37. The van der Waals surface area contributed by atoms with Gasteiger partial charge in [-0.25, -0.2) is 10.2 Å². The van der Waals surface area contributed by atoms with Crippen molar-refractivity contribution in [3.63, 3.8) is 0 Å². The molecule has 0 fully saturated rings. The molecule has 1 amide bonds. The maximum absolute atomic E-state index is 11.9. The van der Waals surface area contributed by atoms with Crippen LogP contribution in [0.4, 0.5) is 0 Å². The second-order valence-corrected chi connectivity index (χ2v) is 6.82. The Balaban J connectivity index is 1.79. The molecule has 0 saturated carbocycles. The Hall–Kier alpha value is -3.19. The predicted molar refractivity (Wildman–Crippen MR) is 106 cm³/mol. The Morgan fingerprint density at radius 3 is 2.56 bits per heavy atom. The molecule has 0 aliphatic heterocycles. The molecule has 1 aromatic carbocycles. The quantitative estimate of drug-likeness (QED) is 0.416. The molecule has 138 valence electrons. The zero-order valence-electron chi connectivity index (χ0n) is 15.2. The SMILES string of the molecule is COC(=O)c1ccc(-n2c(C)cc(/C=N\NC(=O)c3cccs3)c2C)cc1. The number of aryl methyl sites for hydroxylation is 1. The van der Waals surface area contributed by atoms with Crippen molar-refractivity contribution in [2.75, 3.05) is 7.11 Å². The van der Waals surface area contributed by atoms with Gasteiger partial charge in [-0.2, -0.15) is 5.10 Å². The molecule has 0 atom stereocenters. The van der Waals surface area contributed by atoms with E-state index in [1.807, 2.05) is 43.5 Å². The van der Waals surface area contributed by atoms with Gasteiger partial charge in [-0.05, 0) is 55.6 Å². The average Bonchev–Trinajstić information content (AvgIpc) is 3.30.